The molecule has 0 radical (unpaired) electrons. The lowest BCUT2D eigenvalue weighted by molar-refractivity contribution is 0.356. The maximum absolute atomic E-state index is 14.0. The fraction of sp³-hybridized carbons (Fsp3) is 0.143. The maximum atomic E-state index is 14.0. The number of hydrogen-bond acceptors (Lipinski definition) is 5. The Bertz CT molecular complexity index is 1190. The number of nitrogens with zero attached hydrogens (tertiary/aromatic N) is 2. The number of anilines is 1. The molecule has 27 heavy (non-hydrogen) atoms. The average Bonchev–Trinajstić information content (AvgIpc) is 2.68. The predicted molar refractivity (Wildman–Crippen MR) is 105 cm³/mol. The molecule has 2 aromatic heterocycles. The number of halogens is 1. The summed E-state index contributed by atoms with van der Waals surface area (Å²) in [6.07, 6.45) is 1.69. The molecule has 0 fully saturated rings. The molecule has 4 rings (SSSR count). The zero-order valence-electron chi connectivity index (χ0n) is 15.2. The molecule has 6 heteroatoms. The number of hydrogen-bond donors (Lipinski definition) is 1. The summed E-state index contributed by atoms with van der Waals surface area (Å²) in [6, 6.07) is 10.5. The molecule has 0 unspecified atom stereocenters. The maximum Gasteiger partial charge on any atom is 0.162 e. The van der Waals surface area contributed by atoms with Gasteiger partial charge in [0.15, 0.2) is 11.5 Å². The molecule has 0 aliphatic heterocycles. The van der Waals surface area contributed by atoms with Crippen molar-refractivity contribution in [2.24, 2.45) is 0 Å². The first kappa shape index (κ1) is 17.0. The van der Waals surface area contributed by atoms with Crippen molar-refractivity contribution in [3.8, 4) is 22.8 Å². The van der Waals surface area contributed by atoms with Crippen LogP contribution < -0.4 is 15.2 Å². The minimum absolute atomic E-state index is 0.279. The minimum Gasteiger partial charge on any atom is -0.493 e. The van der Waals surface area contributed by atoms with E-state index < -0.39 is 0 Å². The van der Waals surface area contributed by atoms with Crippen LogP contribution in [0.1, 0.15) is 5.56 Å². The Labute approximate surface area is 155 Å². The molecule has 0 aliphatic rings. The van der Waals surface area contributed by atoms with Crippen LogP contribution in [0, 0.1) is 12.7 Å². The summed E-state index contributed by atoms with van der Waals surface area (Å²) < 4.78 is 24.8. The summed E-state index contributed by atoms with van der Waals surface area (Å²) in [6.45, 7) is 1.73. The highest BCUT2D eigenvalue weighted by Gasteiger charge is 2.14. The molecule has 0 bridgehead atoms. The zero-order valence-corrected chi connectivity index (χ0v) is 15.2. The summed E-state index contributed by atoms with van der Waals surface area (Å²) in [5, 5.41) is 2.45. The molecule has 0 saturated carbocycles. The van der Waals surface area contributed by atoms with E-state index in [1.165, 1.54) is 6.07 Å². The highest BCUT2D eigenvalue weighted by Crippen LogP contribution is 2.37. The second-order valence-electron chi connectivity index (χ2n) is 6.25. The van der Waals surface area contributed by atoms with Crippen molar-refractivity contribution in [3.63, 3.8) is 0 Å². The van der Waals surface area contributed by atoms with Gasteiger partial charge in [-0.05, 0) is 36.1 Å². The lowest BCUT2D eigenvalue weighted by Crippen LogP contribution is -1.98. The van der Waals surface area contributed by atoms with Crippen LogP contribution in [-0.2, 0) is 0 Å². The van der Waals surface area contributed by atoms with Gasteiger partial charge in [0.2, 0.25) is 0 Å². The molecule has 0 saturated heterocycles. The molecular weight excluding hydrogens is 345 g/mol. The monoisotopic (exact) mass is 363 g/mol. The Balaban J connectivity index is 2.07. The Morgan fingerprint density at radius 1 is 0.963 bits per heavy atom. The van der Waals surface area contributed by atoms with Crippen LogP contribution in [0.4, 0.5) is 10.2 Å². The number of pyridine rings is 2. The fourth-order valence-electron chi connectivity index (χ4n) is 3.28. The van der Waals surface area contributed by atoms with Crippen molar-refractivity contribution >= 4 is 27.5 Å². The molecule has 2 aromatic carbocycles. The van der Waals surface area contributed by atoms with Crippen LogP contribution in [-0.4, -0.2) is 24.2 Å². The van der Waals surface area contributed by atoms with E-state index in [2.05, 4.69) is 9.97 Å². The van der Waals surface area contributed by atoms with Crippen LogP contribution in [0.2, 0.25) is 0 Å². The van der Waals surface area contributed by atoms with Crippen molar-refractivity contribution in [2.75, 3.05) is 20.0 Å². The van der Waals surface area contributed by atoms with Gasteiger partial charge in [0.05, 0.1) is 25.4 Å². The molecule has 2 heterocycles. The number of methoxy groups -OCH3 is 2. The highest BCUT2D eigenvalue weighted by atomic mass is 19.1. The third-order valence-corrected chi connectivity index (χ3v) is 4.76. The number of nitrogen functional groups attached to an aromatic ring is 1. The van der Waals surface area contributed by atoms with Crippen molar-refractivity contribution in [3.05, 3.63) is 54.0 Å². The van der Waals surface area contributed by atoms with Crippen molar-refractivity contribution < 1.29 is 13.9 Å². The van der Waals surface area contributed by atoms with Crippen molar-refractivity contribution in [2.45, 2.75) is 6.92 Å². The third-order valence-electron chi connectivity index (χ3n) is 4.76. The first-order chi connectivity index (χ1) is 13.0. The molecule has 0 amide bonds. The summed E-state index contributed by atoms with van der Waals surface area (Å²) in [4.78, 5) is 8.94. The normalized spacial score (nSPS) is 11.1. The Morgan fingerprint density at radius 3 is 2.44 bits per heavy atom. The number of aromatic nitrogens is 2. The standard InChI is InChI=1S/C21H18FN3O2/c1-11-12(5-4-6-16(11)22)18-7-13-14-8-19(26-2)20(27-3)9-17(14)24-10-15(13)21(23)25-18/h4-10H,1-3H3,(H2,23,25). The van der Waals surface area contributed by atoms with Gasteiger partial charge < -0.3 is 15.2 Å². The number of ether oxygens (including phenoxy) is 2. The van der Waals surface area contributed by atoms with E-state index in [0.717, 1.165) is 21.7 Å². The topological polar surface area (TPSA) is 70.3 Å². The van der Waals surface area contributed by atoms with Crippen LogP contribution >= 0.6 is 0 Å². The van der Waals surface area contributed by atoms with E-state index in [0.29, 0.717) is 34.1 Å². The highest BCUT2D eigenvalue weighted by molar-refractivity contribution is 6.10. The summed E-state index contributed by atoms with van der Waals surface area (Å²) in [5.74, 6) is 1.26. The number of nitrogens with two attached hydrogens (primary N) is 1. The minimum atomic E-state index is -0.279. The van der Waals surface area contributed by atoms with Gasteiger partial charge in [0.25, 0.3) is 0 Å². The number of rotatable bonds is 3. The van der Waals surface area contributed by atoms with E-state index in [1.807, 2.05) is 24.3 Å². The summed E-state index contributed by atoms with van der Waals surface area (Å²) in [5.41, 5.74) is 8.78. The lowest BCUT2D eigenvalue weighted by Gasteiger charge is -2.13. The smallest absolute Gasteiger partial charge is 0.162 e. The molecule has 0 atom stereocenters. The fourth-order valence-corrected chi connectivity index (χ4v) is 3.28. The first-order valence-electron chi connectivity index (χ1n) is 8.40. The number of fused-ring (bicyclic) bond motifs is 3. The number of benzene rings is 2. The van der Waals surface area contributed by atoms with Crippen LogP contribution in [0.15, 0.2) is 42.6 Å². The van der Waals surface area contributed by atoms with Gasteiger partial charge in [-0.3, -0.25) is 4.98 Å². The first-order valence-corrected chi connectivity index (χ1v) is 8.40. The molecular formula is C21H18FN3O2. The zero-order chi connectivity index (χ0) is 19.1. The van der Waals surface area contributed by atoms with Crippen LogP contribution in [0.25, 0.3) is 32.9 Å². The van der Waals surface area contributed by atoms with Crippen LogP contribution in [0.3, 0.4) is 0 Å². The van der Waals surface area contributed by atoms with Gasteiger partial charge in [-0.2, -0.15) is 0 Å². The molecule has 136 valence electrons. The summed E-state index contributed by atoms with van der Waals surface area (Å²) in [7, 11) is 3.16. The van der Waals surface area contributed by atoms with Gasteiger partial charge in [0, 0.05) is 28.6 Å². The molecule has 0 spiro atoms. The van der Waals surface area contributed by atoms with E-state index in [4.69, 9.17) is 15.2 Å². The second-order valence-corrected chi connectivity index (χ2v) is 6.25. The van der Waals surface area contributed by atoms with E-state index in [-0.39, 0.29) is 5.82 Å². The van der Waals surface area contributed by atoms with Crippen molar-refractivity contribution in [1.82, 2.24) is 9.97 Å². The van der Waals surface area contributed by atoms with Gasteiger partial charge in [0.1, 0.15) is 11.6 Å². The molecule has 4 aromatic rings. The largest absolute Gasteiger partial charge is 0.493 e. The quantitative estimate of drug-likeness (QED) is 0.543. The van der Waals surface area contributed by atoms with Gasteiger partial charge in [-0.15, -0.1) is 0 Å². The molecule has 5 nitrogen and oxygen atoms in total. The SMILES string of the molecule is COc1cc2ncc3c(N)nc(-c4cccc(F)c4C)cc3c2cc1OC. The van der Waals surface area contributed by atoms with E-state index >= 15 is 0 Å². The van der Waals surface area contributed by atoms with E-state index in [9.17, 15) is 4.39 Å². The predicted octanol–water partition coefficient (Wildman–Crippen LogP) is 4.50. The Hall–Kier alpha value is -3.41. The Morgan fingerprint density at radius 2 is 1.70 bits per heavy atom. The second kappa shape index (κ2) is 6.39. The van der Waals surface area contributed by atoms with Gasteiger partial charge in [-0.25, -0.2) is 9.37 Å². The average molecular weight is 363 g/mol. The molecule has 0 aliphatic carbocycles. The molecule has 2 N–H and O–H groups in total. The van der Waals surface area contributed by atoms with Gasteiger partial charge >= 0.3 is 0 Å². The van der Waals surface area contributed by atoms with Gasteiger partial charge in [-0.1, -0.05) is 12.1 Å². The third kappa shape index (κ3) is 2.70. The van der Waals surface area contributed by atoms with Crippen LogP contribution in [0.5, 0.6) is 11.5 Å². The Kier molecular flexibility index (Phi) is 4.03. The summed E-state index contributed by atoms with van der Waals surface area (Å²) >= 11 is 0. The van der Waals surface area contributed by atoms with E-state index in [1.54, 1.807) is 33.4 Å². The van der Waals surface area contributed by atoms with Crippen molar-refractivity contribution in [1.29, 1.82) is 0 Å². The lowest BCUT2D eigenvalue weighted by atomic mass is 10.0.